The number of rotatable bonds is 47. The van der Waals surface area contributed by atoms with Crippen molar-refractivity contribution in [3.63, 3.8) is 0 Å². The van der Waals surface area contributed by atoms with Crippen molar-refractivity contribution in [2.75, 3.05) is 152 Å². The highest BCUT2D eigenvalue weighted by Crippen LogP contribution is 2.45. The van der Waals surface area contributed by atoms with Gasteiger partial charge in [0.15, 0.2) is 23.0 Å². The van der Waals surface area contributed by atoms with Crippen LogP contribution in [0.2, 0.25) is 0 Å². The summed E-state index contributed by atoms with van der Waals surface area (Å²) in [5, 5.41) is 11.2. The van der Waals surface area contributed by atoms with E-state index in [1.165, 1.54) is 76.1 Å². The van der Waals surface area contributed by atoms with Crippen molar-refractivity contribution in [2.24, 2.45) is 33.7 Å². The predicted molar refractivity (Wildman–Crippen MR) is 419 cm³/mol. The van der Waals surface area contributed by atoms with Gasteiger partial charge in [0.05, 0.1) is 174 Å². The van der Waals surface area contributed by atoms with Crippen LogP contribution in [0.15, 0.2) is 76.5 Å². The van der Waals surface area contributed by atoms with Crippen LogP contribution in [0.5, 0.6) is 23.0 Å². The molecule has 0 spiro atoms. The number of nitrogens with zero attached hydrogens (tertiary/aromatic N) is 5. The summed E-state index contributed by atoms with van der Waals surface area (Å²) in [6, 6.07) is 11.7. The number of imide groups is 1. The number of hydrogen-bond donors (Lipinski definition) is 4. The van der Waals surface area contributed by atoms with E-state index < -0.39 is 23.9 Å². The Hall–Kier alpha value is -8.68. The smallest absolute Gasteiger partial charge is 0.260 e. The largest absolute Gasteiger partial charge is 0.493 e. The molecule has 10 rings (SSSR count). The summed E-state index contributed by atoms with van der Waals surface area (Å²) in [7, 11) is 3.05. The van der Waals surface area contributed by atoms with E-state index in [-0.39, 0.29) is 118 Å². The van der Waals surface area contributed by atoms with Gasteiger partial charge in [0.1, 0.15) is 12.1 Å². The van der Waals surface area contributed by atoms with E-state index in [0.717, 1.165) is 43.2 Å². The average molecular weight is 1560 g/mol. The highest BCUT2D eigenvalue weighted by molar-refractivity contribution is 6.07. The van der Waals surface area contributed by atoms with Gasteiger partial charge >= 0.3 is 0 Å². The van der Waals surface area contributed by atoms with Gasteiger partial charge in [0.25, 0.3) is 11.8 Å². The third kappa shape index (κ3) is 25.9. The van der Waals surface area contributed by atoms with Crippen LogP contribution in [0.3, 0.4) is 0 Å². The second-order valence-electron chi connectivity index (χ2n) is 29.4. The predicted octanol–water partition coefficient (Wildman–Crippen LogP) is 9.27. The number of amides is 8. The van der Waals surface area contributed by atoms with Gasteiger partial charge < -0.3 is 87.9 Å². The second-order valence-corrected chi connectivity index (χ2v) is 29.4. The molecule has 5 heterocycles. The normalized spacial score (nSPS) is 19.0. The molecule has 29 nitrogen and oxygen atoms in total. The first-order valence-electron chi connectivity index (χ1n) is 40.2. The first-order chi connectivity index (χ1) is 54.6. The summed E-state index contributed by atoms with van der Waals surface area (Å²) in [5.41, 5.74) is 5.34. The first-order valence-corrected chi connectivity index (χ1v) is 40.2. The lowest BCUT2D eigenvalue weighted by Gasteiger charge is -2.24. The van der Waals surface area contributed by atoms with Crippen LogP contribution in [0, 0.1) is 23.7 Å². The number of carbonyl (C=O) groups excluding carboxylic acids is 8. The molecule has 8 amide bonds. The Balaban J connectivity index is 0.501. The number of likely N-dealkylation sites (tertiary alicyclic amines) is 1. The molecule has 3 aromatic rings. The molecule has 612 valence electrons. The number of anilines is 1. The fourth-order valence-electron chi connectivity index (χ4n) is 14.4. The molecule has 112 heavy (non-hydrogen) atoms. The number of aliphatic imine (C=N–C) groups is 2. The fourth-order valence-corrected chi connectivity index (χ4v) is 14.4. The number of ether oxygens (including phenoxy) is 12. The molecular formula is C83H115N9O20. The molecule has 3 aromatic carbocycles. The SMILES string of the molecule is COc1cc2c(cc1OCCCOc1cc3c(cc1OC)C(=O)N1C=C(C4CC4)C[C@H]1C=N3)N=C[C@@H]1CC(c3ccc(NC(=O)[C@H](C)NC(=O)C(NC(=O)CCOCCOCCOCCOCCOCCOCCOCCOCCNC(=O)CCN4C(=O)CC(C5CCCCCCCCCC5)C4=O)C(C)C)cc3)=CN1C2=O. The van der Waals surface area contributed by atoms with Crippen molar-refractivity contribution in [3.05, 3.63) is 83.2 Å². The maximum atomic E-state index is 14.2. The zero-order valence-electron chi connectivity index (χ0n) is 65.8. The van der Waals surface area contributed by atoms with Gasteiger partial charge in [-0.15, -0.1) is 0 Å². The van der Waals surface area contributed by atoms with Gasteiger partial charge in [-0.25, -0.2) is 0 Å². The Bertz CT molecular complexity index is 3740. The molecule has 29 heteroatoms. The summed E-state index contributed by atoms with van der Waals surface area (Å²) in [6.45, 7) is 11.9. The van der Waals surface area contributed by atoms with Crippen LogP contribution in [-0.4, -0.2) is 245 Å². The lowest BCUT2D eigenvalue weighted by Crippen LogP contribution is -2.53. The van der Waals surface area contributed by atoms with Gasteiger partial charge in [-0.3, -0.25) is 53.2 Å². The lowest BCUT2D eigenvalue weighted by atomic mass is 9.83. The van der Waals surface area contributed by atoms with Crippen molar-refractivity contribution in [1.82, 2.24) is 30.7 Å². The number of carbonyl (C=O) groups is 8. The summed E-state index contributed by atoms with van der Waals surface area (Å²) in [4.78, 5) is 120. The maximum absolute atomic E-state index is 14.2. The third-order valence-corrected chi connectivity index (χ3v) is 20.9. The summed E-state index contributed by atoms with van der Waals surface area (Å²) in [6.07, 6.45) is 23.6. The monoisotopic (exact) mass is 1560 g/mol. The minimum absolute atomic E-state index is 0.0160. The summed E-state index contributed by atoms with van der Waals surface area (Å²) >= 11 is 0. The molecule has 1 saturated heterocycles. The van der Waals surface area contributed by atoms with Crippen LogP contribution in [0.25, 0.3) is 5.57 Å². The van der Waals surface area contributed by atoms with Crippen LogP contribution in [0.1, 0.15) is 163 Å². The molecule has 0 radical (unpaired) electrons. The molecular weight excluding hydrogens is 1440 g/mol. The Morgan fingerprint density at radius 2 is 1.00 bits per heavy atom. The van der Waals surface area contributed by atoms with Crippen molar-refractivity contribution in [3.8, 4) is 23.0 Å². The van der Waals surface area contributed by atoms with Gasteiger partial charge in [0, 0.05) is 87.8 Å². The highest BCUT2D eigenvalue weighted by Gasteiger charge is 2.43. The topological polar surface area (TPSA) is 330 Å². The number of nitrogens with one attached hydrogen (secondary N) is 4. The van der Waals surface area contributed by atoms with E-state index in [1.54, 1.807) is 73.2 Å². The zero-order chi connectivity index (χ0) is 79.0. The van der Waals surface area contributed by atoms with Gasteiger partial charge in [-0.1, -0.05) is 77.3 Å². The molecule has 0 aromatic heterocycles. The quantitative estimate of drug-likeness (QED) is 0.0302. The molecule has 2 unspecified atom stereocenters. The van der Waals surface area contributed by atoms with Crippen LogP contribution in [0.4, 0.5) is 17.1 Å². The molecule has 4 N–H and O–H groups in total. The molecule has 3 fully saturated rings. The Kier molecular flexibility index (Phi) is 34.7. The third-order valence-electron chi connectivity index (χ3n) is 20.9. The highest BCUT2D eigenvalue weighted by atomic mass is 16.6. The number of fused-ring (bicyclic) bond motifs is 4. The molecule has 5 atom stereocenters. The van der Waals surface area contributed by atoms with Crippen molar-refractivity contribution in [1.29, 1.82) is 0 Å². The fraction of sp³-hybridized carbons (Fsp3) is 0.614. The lowest BCUT2D eigenvalue weighted by molar-refractivity contribution is -0.140. The van der Waals surface area contributed by atoms with Crippen molar-refractivity contribution in [2.45, 2.75) is 161 Å². The standard InChI is InChI=1S/C83H115N9O20/c1-56(2)78(89-76(94)24-29-103-31-33-105-35-37-107-39-41-109-43-44-110-42-40-108-38-36-106-34-32-104-30-25-84-75(93)23-26-90-77(95)49-66(81(90)98)60-15-12-10-8-6-7-9-11-13-16-60)80(97)87-57(3)79(96)88-63-21-19-59(20-22-63)62-46-65-53-86-70-51-74(72(102-5)48-68(70)83(100)92(65)55-62)112-28-14-27-111-73-50-69-67(47-71(73)101-4)82(99)91-54-61(58-17-18-58)45-64(91)52-85-69/h19-22,47-48,50-58,60,64-66,78H,6-18,23-46,49H2,1-5H3,(H,84,93)(H,87,97)(H,88,96)(H,89,94)/t57-,64-,65-,66?,78?/m0/s1. The molecule has 2 saturated carbocycles. The first kappa shape index (κ1) is 85.7. The summed E-state index contributed by atoms with van der Waals surface area (Å²) < 4.78 is 68.2. The summed E-state index contributed by atoms with van der Waals surface area (Å²) in [5.74, 6) is -0.169. The second kappa shape index (κ2) is 45.3. The average Bonchev–Trinajstić information content (AvgIpc) is 1.62. The van der Waals surface area contributed by atoms with Gasteiger partial charge in [0.2, 0.25) is 35.4 Å². The van der Waals surface area contributed by atoms with Gasteiger partial charge in [-0.05, 0) is 97.8 Å². The Morgan fingerprint density at radius 3 is 1.51 bits per heavy atom. The minimum Gasteiger partial charge on any atom is -0.493 e. The van der Waals surface area contributed by atoms with E-state index in [1.807, 2.05) is 30.7 Å². The van der Waals surface area contributed by atoms with E-state index in [4.69, 9.17) is 66.8 Å². The number of hydrogen-bond acceptors (Lipinski definition) is 22. The van der Waals surface area contributed by atoms with E-state index in [9.17, 15) is 38.4 Å². The Morgan fingerprint density at radius 1 is 0.509 bits per heavy atom. The van der Waals surface area contributed by atoms with E-state index >= 15 is 0 Å². The van der Waals surface area contributed by atoms with Crippen molar-refractivity contribution < 1.29 is 95.2 Å². The zero-order valence-corrected chi connectivity index (χ0v) is 65.8. The maximum Gasteiger partial charge on any atom is 0.260 e. The number of benzene rings is 3. The van der Waals surface area contributed by atoms with Crippen LogP contribution in [-0.2, 0) is 66.7 Å². The minimum atomic E-state index is -0.938. The number of methoxy groups -OCH3 is 2. The molecule has 0 bridgehead atoms. The van der Waals surface area contributed by atoms with Crippen LogP contribution < -0.4 is 40.2 Å². The van der Waals surface area contributed by atoms with Gasteiger partial charge in [-0.2, -0.15) is 0 Å². The molecule has 7 aliphatic rings. The van der Waals surface area contributed by atoms with Crippen molar-refractivity contribution >= 4 is 82.3 Å². The molecule has 5 aliphatic heterocycles. The Labute approximate surface area is 657 Å². The van der Waals surface area contributed by atoms with E-state index in [2.05, 4.69) is 21.3 Å². The van der Waals surface area contributed by atoms with Crippen LogP contribution >= 0.6 is 0 Å². The molecule has 2 aliphatic carbocycles. The van der Waals surface area contributed by atoms with E-state index in [0.29, 0.717) is 169 Å².